The third-order valence-electron chi connectivity index (χ3n) is 1.65. The van der Waals surface area contributed by atoms with Crippen molar-refractivity contribution in [1.82, 2.24) is 15.0 Å². The summed E-state index contributed by atoms with van der Waals surface area (Å²) in [5, 5.41) is 7.75. The summed E-state index contributed by atoms with van der Waals surface area (Å²) in [6.45, 7) is 2.04. The van der Waals surface area contributed by atoms with Gasteiger partial charge in [0, 0.05) is 7.05 Å². The first-order valence-electron chi connectivity index (χ1n) is 3.92. The smallest absolute Gasteiger partial charge is 0.234 e. The minimum Gasteiger partial charge on any atom is -0.248 e. The van der Waals surface area contributed by atoms with E-state index in [2.05, 4.69) is 10.3 Å². The van der Waals surface area contributed by atoms with Crippen LogP contribution >= 0.6 is 34.8 Å². The Hall–Kier alpha value is 0.01000. The van der Waals surface area contributed by atoms with Gasteiger partial charge in [0.2, 0.25) is 3.79 Å². The Bertz CT molecular complexity index is 290. The Balaban J connectivity index is 3.09. The minimum atomic E-state index is -1.44. The zero-order valence-corrected chi connectivity index (χ0v) is 9.66. The van der Waals surface area contributed by atoms with Gasteiger partial charge in [0.05, 0.1) is 5.69 Å². The molecule has 0 N–H and O–H groups in total. The molecule has 0 saturated heterocycles. The van der Waals surface area contributed by atoms with Crippen molar-refractivity contribution in [2.75, 3.05) is 0 Å². The highest BCUT2D eigenvalue weighted by Crippen LogP contribution is 2.39. The van der Waals surface area contributed by atoms with Crippen LogP contribution in [0.4, 0.5) is 0 Å². The van der Waals surface area contributed by atoms with Crippen molar-refractivity contribution in [3.8, 4) is 0 Å². The monoisotopic (exact) mass is 241 g/mol. The number of nitrogens with zero attached hydrogens (tertiary/aromatic N) is 3. The van der Waals surface area contributed by atoms with Gasteiger partial charge in [-0.1, -0.05) is 53.4 Å². The number of rotatable bonds is 2. The average Bonchev–Trinajstić information content (AvgIpc) is 2.31. The summed E-state index contributed by atoms with van der Waals surface area (Å²) >= 11 is 17.3. The molecule has 13 heavy (non-hydrogen) atoms. The van der Waals surface area contributed by atoms with Crippen LogP contribution in [0.25, 0.3) is 0 Å². The quantitative estimate of drug-likeness (QED) is 0.747. The van der Waals surface area contributed by atoms with Crippen molar-refractivity contribution in [2.45, 2.75) is 23.6 Å². The fourth-order valence-corrected chi connectivity index (χ4v) is 1.85. The first-order chi connectivity index (χ1) is 5.96. The first-order valence-corrected chi connectivity index (χ1v) is 5.06. The normalized spacial score (nSPS) is 12.1. The molecule has 0 aliphatic carbocycles. The molecule has 0 bridgehead atoms. The van der Waals surface area contributed by atoms with E-state index in [0.717, 1.165) is 18.5 Å². The van der Waals surface area contributed by atoms with Crippen LogP contribution in [0.15, 0.2) is 0 Å². The molecular weight excluding hydrogens is 232 g/mol. The largest absolute Gasteiger partial charge is 0.248 e. The summed E-state index contributed by atoms with van der Waals surface area (Å²) in [4.78, 5) is 0. The fraction of sp³-hybridized carbons (Fsp3) is 0.714. The molecule has 0 saturated carbocycles. The second kappa shape index (κ2) is 4.03. The van der Waals surface area contributed by atoms with Crippen molar-refractivity contribution in [2.24, 2.45) is 7.05 Å². The molecule has 1 rings (SSSR count). The molecule has 0 amide bonds. The molecule has 0 radical (unpaired) electrons. The molecule has 0 fully saturated rings. The maximum Gasteiger partial charge on any atom is 0.234 e. The SMILES string of the molecule is CCCc1nnn(C)c1C(Cl)(Cl)Cl. The number of halogens is 3. The van der Waals surface area contributed by atoms with Gasteiger partial charge in [0.15, 0.2) is 0 Å². The maximum absolute atomic E-state index is 5.78. The lowest BCUT2D eigenvalue weighted by Gasteiger charge is -2.11. The van der Waals surface area contributed by atoms with E-state index in [9.17, 15) is 0 Å². The standard InChI is InChI=1S/C7H10Cl3N3/c1-3-4-5-6(7(8,9)10)13(2)12-11-5/h3-4H2,1-2H3. The summed E-state index contributed by atoms with van der Waals surface area (Å²) in [6.07, 6.45) is 1.73. The number of aryl methyl sites for hydroxylation is 2. The van der Waals surface area contributed by atoms with Gasteiger partial charge in [0.1, 0.15) is 5.69 Å². The first kappa shape index (κ1) is 11.1. The van der Waals surface area contributed by atoms with E-state index in [-0.39, 0.29) is 0 Å². The molecule has 0 aliphatic heterocycles. The second-order valence-electron chi connectivity index (χ2n) is 2.76. The Morgan fingerprint density at radius 2 is 2.00 bits per heavy atom. The van der Waals surface area contributed by atoms with E-state index in [1.54, 1.807) is 7.05 Å². The second-order valence-corrected chi connectivity index (χ2v) is 5.04. The van der Waals surface area contributed by atoms with Gasteiger partial charge in [-0.25, -0.2) is 4.68 Å². The van der Waals surface area contributed by atoms with Crippen LogP contribution < -0.4 is 0 Å². The summed E-state index contributed by atoms with van der Waals surface area (Å²) in [7, 11) is 1.71. The summed E-state index contributed by atoms with van der Waals surface area (Å²) in [5.41, 5.74) is 1.31. The molecule has 0 spiro atoms. The molecule has 1 aromatic heterocycles. The van der Waals surface area contributed by atoms with Gasteiger partial charge < -0.3 is 0 Å². The number of hydrogen-bond donors (Lipinski definition) is 0. The van der Waals surface area contributed by atoms with Gasteiger partial charge in [-0.2, -0.15) is 0 Å². The topological polar surface area (TPSA) is 30.7 Å². The van der Waals surface area contributed by atoms with E-state index in [1.807, 2.05) is 6.92 Å². The van der Waals surface area contributed by atoms with E-state index in [1.165, 1.54) is 4.68 Å². The Morgan fingerprint density at radius 1 is 1.38 bits per heavy atom. The molecule has 0 unspecified atom stereocenters. The van der Waals surface area contributed by atoms with Crippen molar-refractivity contribution in [3.05, 3.63) is 11.4 Å². The average molecular weight is 243 g/mol. The third-order valence-corrected chi connectivity index (χ3v) is 2.19. The van der Waals surface area contributed by atoms with Gasteiger partial charge in [-0.15, -0.1) is 5.10 Å². The zero-order chi connectivity index (χ0) is 10.1. The Morgan fingerprint density at radius 3 is 2.46 bits per heavy atom. The lowest BCUT2D eigenvalue weighted by atomic mass is 10.2. The number of hydrogen-bond acceptors (Lipinski definition) is 2. The Labute approximate surface area is 92.0 Å². The minimum absolute atomic E-state index is 0.555. The molecule has 0 aromatic carbocycles. The van der Waals surface area contributed by atoms with Crippen LogP contribution in [0.3, 0.4) is 0 Å². The lowest BCUT2D eigenvalue weighted by molar-refractivity contribution is 0.684. The fourth-order valence-electron chi connectivity index (χ4n) is 1.15. The maximum atomic E-state index is 5.78. The predicted octanol–water partition coefficient (Wildman–Crippen LogP) is 2.59. The third kappa shape index (κ3) is 2.48. The Kier molecular flexibility index (Phi) is 3.44. The summed E-state index contributed by atoms with van der Waals surface area (Å²) in [5.74, 6) is 0. The molecule has 1 heterocycles. The highest BCUT2D eigenvalue weighted by molar-refractivity contribution is 6.66. The van der Waals surface area contributed by atoms with Crippen LogP contribution in [0.5, 0.6) is 0 Å². The van der Waals surface area contributed by atoms with E-state index < -0.39 is 3.79 Å². The van der Waals surface area contributed by atoms with Crippen molar-refractivity contribution < 1.29 is 0 Å². The zero-order valence-electron chi connectivity index (χ0n) is 7.39. The van der Waals surface area contributed by atoms with Gasteiger partial charge >= 0.3 is 0 Å². The molecule has 3 nitrogen and oxygen atoms in total. The predicted molar refractivity (Wildman–Crippen MR) is 54.2 cm³/mol. The van der Waals surface area contributed by atoms with Gasteiger partial charge in [-0.3, -0.25) is 0 Å². The molecule has 74 valence electrons. The summed E-state index contributed by atoms with van der Waals surface area (Å²) in [6, 6.07) is 0. The van der Waals surface area contributed by atoms with Crippen LogP contribution in [0, 0.1) is 0 Å². The van der Waals surface area contributed by atoms with Crippen LogP contribution in [-0.2, 0) is 17.3 Å². The highest BCUT2D eigenvalue weighted by Gasteiger charge is 2.30. The molecule has 0 atom stereocenters. The van der Waals surface area contributed by atoms with Crippen molar-refractivity contribution in [3.63, 3.8) is 0 Å². The lowest BCUT2D eigenvalue weighted by Crippen LogP contribution is -2.10. The van der Waals surface area contributed by atoms with Crippen LogP contribution in [-0.4, -0.2) is 15.0 Å². The van der Waals surface area contributed by atoms with E-state index in [0.29, 0.717) is 5.69 Å². The van der Waals surface area contributed by atoms with Gasteiger partial charge in [0.25, 0.3) is 0 Å². The van der Waals surface area contributed by atoms with Crippen molar-refractivity contribution in [1.29, 1.82) is 0 Å². The van der Waals surface area contributed by atoms with E-state index >= 15 is 0 Å². The molecular formula is C7H10Cl3N3. The number of aromatic nitrogens is 3. The van der Waals surface area contributed by atoms with Gasteiger partial charge in [-0.05, 0) is 6.42 Å². The molecule has 6 heteroatoms. The number of alkyl halides is 3. The van der Waals surface area contributed by atoms with Crippen LogP contribution in [0.2, 0.25) is 0 Å². The highest BCUT2D eigenvalue weighted by atomic mass is 35.6. The molecule has 1 aromatic rings. The molecule has 0 aliphatic rings. The van der Waals surface area contributed by atoms with Crippen LogP contribution in [0.1, 0.15) is 24.7 Å². The van der Waals surface area contributed by atoms with E-state index in [4.69, 9.17) is 34.8 Å². The van der Waals surface area contributed by atoms with Crippen molar-refractivity contribution >= 4 is 34.8 Å². The summed E-state index contributed by atoms with van der Waals surface area (Å²) < 4.78 is 0.0563.